The van der Waals surface area contributed by atoms with Gasteiger partial charge >= 0.3 is 0 Å². The van der Waals surface area contributed by atoms with E-state index < -0.39 is 10.0 Å². The Morgan fingerprint density at radius 2 is 2.35 bits per heavy atom. The number of aliphatic hydroxyl groups is 1. The molecule has 1 N–H and O–H groups in total. The number of ether oxygens (including phenoxy) is 1. The van der Waals surface area contributed by atoms with Crippen LogP contribution < -0.4 is 0 Å². The summed E-state index contributed by atoms with van der Waals surface area (Å²) in [6.07, 6.45) is 0.730. The lowest BCUT2D eigenvalue weighted by atomic mass is 10.3. The van der Waals surface area contributed by atoms with Crippen molar-refractivity contribution in [3.05, 3.63) is 17.0 Å². The number of nitrogens with zero attached hydrogens (tertiary/aromatic N) is 1. The Balaban J connectivity index is 2.22. The maximum Gasteiger partial charge on any atom is 0.252 e. The number of aliphatic hydroxyl groups excluding tert-OH is 1. The summed E-state index contributed by atoms with van der Waals surface area (Å²) in [5.74, 6) is 0. The van der Waals surface area contributed by atoms with Gasteiger partial charge in [-0.15, -0.1) is 11.3 Å². The van der Waals surface area contributed by atoms with Gasteiger partial charge in [0.1, 0.15) is 4.21 Å². The van der Waals surface area contributed by atoms with Gasteiger partial charge in [0.05, 0.1) is 19.3 Å². The number of likely N-dealkylation sites (N-methyl/N-ethyl adjacent to an activating group) is 1. The van der Waals surface area contributed by atoms with Crippen LogP contribution >= 0.6 is 11.3 Å². The predicted octanol–water partition coefficient (Wildman–Crippen LogP) is 0.650. The van der Waals surface area contributed by atoms with Crippen LogP contribution in [0.1, 0.15) is 11.3 Å². The zero-order valence-electron chi connectivity index (χ0n) is 9.50. The molecular formula is C10H15NO4S2. The molecule has 5 nitrogen and oxygen atoms in total. The molecule has 17 heavy (non-hydrogen) atoms. The van der Waals surface area contributed by atoms with Crippen molar-refractivity contribution in [2.75, 3.05) is 20.3 Å². The molecule has 1 unspecified atom stereocenters. The minimum atomic E-state index is -3.45. The molecule has 7 heteroatoms. The van der Waals surface area contributed by atoms with Crippen molar-refractivity contribution in [2.24, 2.45) is 0 Å². The van der Waals surface area contributed by atoms with Crippen molar-refractivity contribution in [1.82, 2.24) is 4.31 Å². The van der Waals surface area contributed by atoms with Gasteiger partial charge in [0.2, 0.25) is 0 Å². The number of sulfonamides is 1. The van der Waals surface area contributed by atoms with E-state index in [1.807, 2.05) is 0 Å². The third-order valence-corrected chi connectivity index (χ3v) is 6.29. The third-order valence-electron chi connectivity index (χ3n) is 2.85. The second-order valence-electron chi connectivity index (χ2n) is 3.92. The molecule has 1 aromatic heterocycles. The van der Waals surface area contributed by atoms with Gasteiger partial charge in [-0.1, -0.05) is 0 Å². The molecular weight excluding hydrogens is 262 g/mol. The van der Waals surface area contributed by atoms with Crippen LogP contribution in [0.5, 0.6) is 0 Å². The third kappa shape index (κ3) is 2.53. The van der Waals surface area contributed by atoms with Crippen molar-refractivity contribution in [3.63, 3.8) is 0 Å². The SMILES string of the molecule is CN(C1CCOC1)S(=O)(=O)c1ccc(CO)s1. The first-order chi connectivity index (χ1) is 8.05. The molecule has 1 aromatic rings. The highest BCUT2D eigenvalue weighted by atomic mass is 32.2. The summed E-state index contributed by atoms with van der Waals surface area (Å²) in [5.41, 5.74) is 0. The minimum absolute atomic E-state index is 0.0836. The lowest BCUT2D eigenvalue weighted by Gasteiger charge is -2.21. The van der Waals surface area contributed by atoms with Gasteiger partial charge in [0, 0.05) is 18.5 Å². The van der Waals surface area contributed by atoms with Gasteiger partial charge in [-0.2, -0.15) is 4.31 Å². The average Bonchev–Trinajstić information content (AvgIpc) is 2.98. The van der Waals surface area contributed by atoms with Crippen LogP contribution in [-0.2, 0) is 21.4 Å². The van der Waals surface area contributed by atoms with Crippen LogP contribution in [0.25, 0.3) is 0 Å². The predicted molar refractivity (Wildman–Crippen MR) is 64.4 cm³/mol. The van der Waals surface area contributed by atoms with Crippen molar-refractivity contribution in [3.8, 4) is 0 Å². The topological polar surface area (TPSA) is 66.8 Å². The number of thiophene rings is 1. The summed E-state index contributed by atoms with van der Waals surface area (Å²) < 4.78 is 31.3. The largest absolute Gasteiger partial charge is 0.391 e. The van der Waals surface area contributed by atoms with Crippen LogP contribution in [0.15, 0.2) is 16.3 Å². The van der Waals surface area contributed by atoms with Crippen LogP contribution in [0.4, 0.5) is 0 Å². The van der Waals surface area contributed by atoms with Gasteiger partial charge in [0.25, 0.3) is 10.0 Å². The summed E-state index contributed by atoms with van der Waals surface area (Å²) in [6.45, 7) is 0.932. The lowest BCUT2D eigenvalue weighted by molar-refractivity contribution is 0.181. The van der Waals surface area contributed by atoms with Crippen molar-refractivity contribution >= 4 is 21.4 Å². The van der Waals surface area contributed by atoms with Gasteiger partial charge < -0.3 is 9.84 Å². The molecule has 1 fully saturated rings. The molecule has 0 spiro atoms. The van der Waals surface area contributed by atoms with Crippen molar-refractivity contribution < 1.29 is 18.3 Å². The maximum absolute atomic E-state index is 12.2. The van der Waals surface area contributed by atoms with E-state index in [9.17, 15) is 8.42 Å². The molecule has 2 rings (SSSR count). The lowest BCUT2D eigenvalue weighted by Crippen LogP contribution is -2.36. The molecule has 1 atom stereocenters. The van der Waals surface area contributed by atoms with E-state index in [2.05, 4.69) is 0 Å². The maximum atomic E-state index is 12.2. The number of hydrogen-bond donors (Lipinski definition) is 1. The zero-order valence-corrected chi connectivity index (χ0v) is 11.1. The van der Waals surface area contributed by atoms with Crippen LogP contribution in [0, 0.1) is 0 Å². The van der Waals surface area contributed by atoms with Crippen LogP contribution in [0.2, 0.25) is 0 Å². The molecule has 1 aliphatic rings. The molecule has 0 aliphatic carbocycles. The van der Waals surface area contributed by atoms with E-state index in [1.165, 1.54) is 10.4 Å². The first kappa shape index (κ1) is 13.0. The Labute approximate surface area is 105 Å². The Bertz CT molecular complexity index is 476. The van der Waals surface area contributed by atoms with Crippen LogP contribution in [-0.4, -0.2) is 44.1 Å². The molecule has 2 heterocycles. The highest BCUT2D eigenvalue weighted by Gasteiger charge is 2.31. The Morgan fingerprint density at radius 1 is 1.59 bits per heavy atom. The molecule has 1 saturated heterocycles. The molecule has 0 saturated carbocycles. The van der Waals surface area contributed by atoms with Crippen LogP contribution in [0.3, 0.4) is 0 Å². The summed E-state index contributed by atoms with van der Waals surface area (Å²) in [6, 6.07) is 3.09. The first-order valence-electron chi connectivity index (χ1n) is 5.31. The van der Waals surface area contributed by atoms with E-state index >= 15 is 0 Å². The second kappa shape index (κ2) is 5.03. The van der Waals surface area contributed by atoms with E-state index in [0.29, 0.717) is 18.1 Å². The van der Waals surface area contributed by atoms with E-state index in [0.717, 1.165) is 17.8 Å². The van der Waals surface area contributed by atoms with E-state index in [-0.39, 0.29) is 16.9 Å². The van der Waals surface area contributed by atoms with Crippen molar-refractivity contribution in [2.45, 2.75) is 23.3 Å². The van der Waals surface area contributed by atoms with E-state index in [1.54, 1.807) is 13.1 Å². The average molecular weight is 277 g/mol. The quantitative estimate of drug-likeness (QED) is 0.877. The van der Waals surface area contributed by atoms with Gasteiger partial charge in [-0.25, -0.2) is 8.42 Å². The van der Waals surface area contributed by atoms with Gasteiger partial charge in [0.15, 0.2) is 0 Å². The Hall–Kier alpha value is -0.470. The smallest absolute Gasteiger partial charge is 0.252 e. The molecule has 0 bridgehead atoms. The molecule has 0 aromatic carbocycles. The monoisotopic (exact) mass is 277 g/mol. The first-order valence-corrected chi connectivity index (χ1v) is 7.56. The standard InChI is InChI=1S/C10H15NO4S2/c1-11(8-4-5-15-7-8)17(13,14)10-3-2-9(6-12)16-10/h2-3,8,12H,4-7H2,1H3. The van der Waals surface area contributed by atoms with E-state index in [4.69, 9.17) is 9.84 Å². The summed E-state index contributed by atoms with van der Waals surface area (Å²) >= 11 is 1.11. The summed E-state index contributed by atoms with van der Waals surface area (Å²) in [4.78, 5) is 0.652. The Morgan fingerprint density at radius 3 is 2.88 bits per heavy atom. The van der Waals surface area contributed by atoms with Gasteiger partial charge in [-0.05, 0) is 18.6 Å². The molecule has 0 radical (unpaired) electrons. The zero-order chi connectivity index (χ0) is 12.5. The normalized spacial score (nSPS) is 21.2. The number of rotatable bonds is 4. The summed E-state index contributed by atoms with van der Waals surface area (Å²) in [7, 11) is -1.87. The second-order valence-corrected chi connectivity index (χ2v) is 7.31. The number of hydrogen-bond acceptors (Lipinski definition) is 5. The molecule has 96 valence electrons. The fraction of sp³-hybridized carbons (Fsp3) is 0.600. The molecule has 1 aliphatic heterocycles. The Kier molecular flexibility index (Phi) is 3.84. The highest BCUT2D eigenvalue weighted by Crippen LogP contribution is 2.26. The minimum Gasteiger partial charge on any atom is -0.391 e. The summed E-state index contributed by atoms with van der Waals surface area (Å²) in [5, 5.41) is 8.95. The fourth-order valence-electron chi connectivity index (χ4n) is 1.73. The van der Waals surface area contributed by atoms with Crippen molar-refractivity contribution in [1.29, 1.82) is 0 Å². The highest BCUT2D eigenvalue weighted by molar-refractivity contribution is 7.91. The van der Waals surface area contributed by atoms with Gasteiger partial charge in [-0.3, -0.25) is 0 Å². The fourth-order valence-corrected chi connectivity index (χ4v) is 4.50. The molecule has 0 amide bonds.